The lowest BCUT2D eigenvalue weighted by Gasteiger charge is -2.04. The van der Waals surface area contributed by atoms with Crippen LogP contribution in [0.15, 0.2) is 53.0 Å². The molecule has 3 nitrogen and oxygen atoms in total. The summed E-state index contributed by atoms with van der Waals surface area (Å²) in [5, 5.41) is 3.39. The maximum Gasteiger partial charge on any atom is 0.248 e. The standard InChI is InChI=1S/C16H13BrClNO2/c1-21-15-8-2-11(10-14(15)17)3-9-16(20)19-13-6-4-12(18)5-7-13/h2-10H,1H3,(H,19,20)/b9-3+. The first kappa shape index (κ1) is 15.6. The van der Waals surface area contributed by atoms with Crippen LogP contribution < -0.4 is 10.1 Å². The van der Waals surface area contributed by atoms with E-state index in [1.54, 1.807) is 37.5 Å². The van der Waals surface area contributed by atoms with Gasteiger partial charge in [-0.05, 0) is 64.0 Å². The first-order valence-electron chi connectivity index (χ1n) is 6.16. The number of carbonyl (C=O) groups is 1. The van der Waals surface area contributed by atoms with Gasteiger partial charge < -0.3 is 10.1 Å². The molecule has 0 spiro atoms. The van der Waals surface area contributed by atoms with Crippen LogP contribution in [0.3, 0.4) is 0 Å². The Morgan fingerprint density at radius 3 is 2.57 bits per heavy atom. The van der Waals surface area contributed by atoms with E-state index in [0.29, 0.717) is 10.7 Å². The summed E-state index contributed by atoms with van der Waals surface area (Å²) in [5.74, 6) is 0.544. The second kappa shape index (κ2) is 7.29. The van der Waals surface area contributed by atoms with Gasteiger partial charge in [0.15, 0.2) is 0 Å². The fourth-order valence-corrected chi connectivity index (χ4v) is 2.36. The van der Waals surface area contributed by atoms with Crippen molar-refractivity contribution >= 4 is 45.2 Å². The van der Waals surface area contributed by atoms with Gasteiger partial charge in [-0.1, -0.05) is 17.7 Å². The Morgan fingerprint density at radius 2 is 1.95 bits per heavy atom. The topological polar surface area (TPSA) is 38.3 Å². The van der Waals surface area contributed by atoms with Crippen LogP contribution in [0.2, 0.25) is 5.02 Å². The van der Waals surface area contributed by atoms with E-state index in [2.05, 4.69) is 21.2 Å². The third-order valence-corrected chi connectivity index (χ3v) is 3.59. The van der Waals surface area contributed by atoms with Gasteiger partial charge in [-0.25, -0.2) is 0 Å². The number of hydrogen-bond donors (Lipinski definition) is 1. The van der Waals surface area contributed by atoms with Crippen LogP contribution in [0.4, 0.5) is 5.69 Å². The van der Waals surface area contributed by atoms with Crippen LogP contribution in [0, 0.1) is 0 Å². The average molecular weight is 367 g/mol. The van der Waals surface area contributed by atoms with Crippen molar-refractivity contribution in [2.24, 2.45) is 0 Å². The summed E-state index contributed by atoms with van der Waals surface area (Å²) in [4.78, 5) is 11.8. The Balaban J connectivity index is 2.01. The van der Waals surface area contributed by atoms with Gasteiger partial charge >= 0.3 is 0 Å². The molecule has 0 aliphatic rings. The largest absolute Gasteiger partial charge is 0.496 e. The average Bonchev–Trinajstić information content (AvgIpc) is 2.48. The van der Waals surface area contributed by atoms with Crippen LogP contribution in [-0.4, -0.2) is 13.0 Å². The molecule has 0 heterocycles. The van der Waals surface area contributed by atoms with Crippen molar-refractivity contribution in [2.75, 3.05) is 12.4 Å². The molecule has 2 aromatic rings. The molecule has 0 radical (unpaired) electrons. The molecular weight excluding hydrogens is 354 g/mol. The monoisotopic (exact) mass is 365 g/mol. The van der Waals surface area contributed by atoms with E-state index in [4.69, 9.17) is 16.3 Å². The predicted molar refractivity (Wildman–Crippen MR) is 89.8 cm³/mol. The molecule has 1 amide bonds. The van der Waals surface area contributed by atoms with Gasteiger partial charge in [-0.3, -0.25) is 4.79 Å². The second-order valence-electron chi connectivity index (χ2n) is 4.22. The second-order valence-corrected chi connectivity index (χ2v) is 5.51. The summed E-state index contributed by atoms with van der Waals surface area (Å²) in [7, 11) is 1.61. The van der Waals surface area contributed by atoms with Gasteiger partial charge in [-0.2, -0.15) is 0 Å². The Bertz CT molecular complexity index is 668. The van der Waals surface area contributed by atoms with Crippen molar-refractivity contribution in [1.29, 1.82) is 0 Å². The van der Waals surface area contributed by atoms with Crippen molar-refractivity contribution < 1.29 is 9.53 Å². The Hall–Kier alpha value is -1.78. The zero-order valence-electron chi connectivity index (χ0n) is 11.3. The highest BCUT2D eigenvalue weighted by atomic mass is 79.9. The fourth-order valence-electron chi connectivity index (χ4n) is 1.68. The smallest absolute Gasteiger partial charge is 0.248 e. The van der Waals surface area contributed by atoms with Crippen molar-refractivity contribution in [3.05, 3.63) is 63.6 Å². The summed E-state index contributed by atoms with van der Waals surface area (Å²) in [6.45, 7) is 0. The fraction of sp³-hybridized carbons (Fsp3) is 0.0625. The normalized spacial score (nSPS) is 10.6. The zero-order valence-corrected chi connectivity index (χ0v) is 13.6. The van der Waals surface area contributed by atoms with Crippen molar-refractivity contribution in [1.82, 2.24) is 0 Å². The number of methoxy groups -OCH3 is 1. The minimum absolute atomic E-state index is 0.204. The number of halogens is 2. The summed E-state index contributed by atoms with van der Waals surface area (Å²) in [5.41, 5.74) is 1.60. The van der Waals surface area contributed by atoms with E-state index in [0.717, 1.165) is 15.8 Å². The molecule has 5 heteroatoms. The van der Waals surface area contributed by atoms with Gasteiger partial charge in [0.1, 0.15) is 5.75 Å². The van der Waals surface area contributed by atoms with E-state index < -0.39 is 0 Å². The Labute approximate surface area is 136 Å². The molecule has 0 bridgehead atoms. The number of amides is 1. The summed E-state index contributed by atoms with van der Waals surface area (Å²) >= 11 is 9.19. The molecule has 0 fully saturated rings. The number of rotatable bonds is 4. The highest BCUT2D eigenvalue weighted by molar-refractivity contribution is 9.10. The lowest BCUT2D eigenvalue weighted by molar-refractivity contribution is -0.111. The molecule has 0 aliphatic heterocycles. The molecule has 0 atom stereocenters. The summed E-state index contributed by atoms with van der Waals surface area (Å²) in [6.07, 6.45) is 3.21. The van der Waals surface area contributed by atoms with E-state index in [1.165, 1.54) is 6.08 Å². The van der Waals surface area contributed by atoms with Crippen molar-refractivity contribution in [2.45, 2.75) is 0 Å². The minimum Gasteiger partial charge on any atom is -0.496 e. The Morgan fingerprint density at radius 1 is 1.24 bits per heavy atom. The van der Waals surface area contributed by atoms with Crippen molar-refractivity contribution in [3.8, 4) is 5.75 Å². The molecule has 0 aliphatic carbocycles. The van der Waals surface area contributed by atoms with E-state index >= 15 is 0 Å². The van der Waals surface area contributed by atoms with Gasteiger partial charge in [0, 0.05) is 16.8 Å². The molecule has 2 aromatic carbocycles. The quantitative estimate of drug-likeness (QED) is 0.792. The number of nitrogens with one attached hydrogen (secondary N) is 1. The van der Waals surface area contributed by atoms with Gasteiger partial charge in [-0.15, -0.1) is 0 Å². The van der Waals surface area contributed by atoms with Gasteiger partial charge in [0.05, 0.1) is 11.6 Å². The molecule has 1 N–H and O–H groups in total. The minimum atomic E-state index is -0.204. The first-order chi connectivity index (χ1) is 10.1. The SMILES string of the molecule is COc1ccc(/C=C/C(=O)Nc2ccc(Cl)cc2)cc1Br. The zero-order chi connectivity index (χ0) is 15.2. The van der Waals surface area contributed by atoms with Crippen molar-refractivity contribution in [3.63, 3.8) is 0 Å². The van der Waals surface area contributed by atoms with E-state index in [-0.39, 0.29) is 5.91 Å². The number of carbonyl (C=O) groups excluding carboxylic acids is 1. The summed E-state index contributed by atoms with van der Waals surface area (Å²) < 4.78 is 5.99. The summed E-state index contributed by atoms with van der Waals surface area (Å²) in [6, 6.07) is 12.5. The third kappa shape index (κ3) is 4.62. The van der Waals surface area contributed by atoms with Crippen LogP contribution in [-0.2, 0) is 4.79 Å². The molecule has 0 unspecified atom stereocenters. The van der Waals surface area contributed by atoms with E-state index in [1.807, 2.05) is 18.2 Å². The number of ether oxygens (including phenoxy) is 1. The third-order valence-electron chi connectivity index (χ3n) is 2.71. The lowest BCUT2D eigenvalue weighted by atomic mass is 10.2. The molecule has 0 saturated carbocycles. The molecular formula is C16H13BrClNO2. The lowest BCUT2D eigenvalue weighted by Crippen LogP contribution is -2.07. The molecule has 0 aromatic heterocycles. The maximum absolute atomic E-state index is 11.8. The van der Waals surface area contributed by atoms with Crippen LogP contribution in [0.5, 0.6) is 5.75 Å². The number of hydrogen-bond acceptors (Lipinski definition) is 2. The molecule has 0 saturated heterocycles. The maximum atomic E-state index is 11.8. The Kier molecular flexibility index (Phi) is 5.42. The van der Waals surface area contributed by atoms with E-state index in [9.17, 15) is 4.79 Å². The highest BCUT2D eigenvalue weighted by Gasteiger charge is 2.01. The number of anilines is 1. The molecule has 108 valence electrons. The molecule has 21 heavy (non-hydrogen) atoms. The first-order valence-corrected chi connectivity index (χ1v) is 7.34. The van der Waals surface area contributed by atoms with Crippen LogP contribution in [0.25, 0.3) is 6.08 Å². The predicted octanol–water partition coefficient (Wildman–Crippen LogP) is 4.76. The molecule has 2 rings (SSSR count). The number of benzene rings is 2. The highest BCUT2D eigenvalue weighted by Crippen LogP contribution is 2.26. The van der Waals surface area contributed by atoms with Crippen LogP contribution >= 0.6 is 27.5 Å². The van der Waals surface area contributed by atoms with Crippen LogP contribution in [0.1, 0.15) is 5.56 Å². The van der Waals surface area contributed by atoms with Gasteiger partial charge in [0.25, 0.3) is 0 Å². The van der Waals surface area contributed by atoms with Gasteiger partial charge in [0.2, 0.25) is 5.91 Å².